The predicted octanol–water partition coefficient (Wildman–Crippen LogP) is 2.33. The summed E-state index contributed by atoms with van der Waals surface area (Å²) >= 11 is 0. The molecule has 0 bridgehead atoms. The van der Waals surface area contributed by atoms with Crippen molar-refractivity contribution in [2.75, 3.05) is 5.73 Å². The van der Waals surface area contributed by atoms with Crippen LogP contribution in [0.1, 0.15) is 0 Å². The van der Waals surface area contributed by atoms with Crippen LogP contribution in [0.3, 0.4) is 0 Å². The fourth-order valence-electron chi connectivity index (χ4n) is 1.95. The lowest BCUT2D eigenvalue weighted by Gasteiger charge is -2.07. The third kappa shape index (κ3) is 2.31. The van der Waals surface area contributed by atoms with Gasteiger partial charge in [-0.2, -0.15) is 4.68 Å². The molecular formula is C13H8F3N5. The molecular weight excluding hydrogens is 283 g/mol. The highest BCUT2D eigenvalue weighted by molar-refractivity contribution is 5.62. The van der Waals surface area contributed by atoms with Crippen LogP contribution in [0.4, 0.5) is 18.9 Å². The summed E-state index contributed by atoms with van der Waals surface area (Å²) in [5.41, 5.74) is 5.46. The second-order valence-electron chi connectivity index (χ2n) is 4.26. The maximum atomic E-state index is 13.8. The van der Waals surface area contributed by atoms with Crippen LogP contribution in [-0.2, 0) is 0 Å². The minimum atomic E-state index is -0.840. The van der Waals surface area contributed by atoms with Crippen molar-refractivity contribution in [2.24, 2.45) is 0 Å². The largest absolute Gasteiger partial charge is 0.399 e. The molecule has 0 amide bonds. The maximum Gasteiger partial charge on any atom is 0.187 e. The number of nitrogens with zero attached hydrogens (tertiary/aromatic N) is 4. The van der Waals surface area contributed by atoms with E-state index in [4.69, 9.17) is 5.73 Å². The van der Waals surface area contributed by atoms with Crippen LogP contribution in [0, 0.1) is 17.5 Å². The van der Waals surface area contributed by atoms with Gasteiger partial charge in [0, 0.05) is 11.3 Å². The van der Waals surface area contributed by atoms with Gasteiger partial charge in [-0.05, 0) is 40.8 Å². The van der Waals surface area contributed by atoms with Crippen molar-refractivity contribution in [3.63, 3.8) is 0 Å². The number of aromatic nitrogens is 4. The minimum absolute atomic E-state index is 0.0230. The Bertz CT molecular complexity index is 775. The number of benzene rings is 2. The summed E-state index contributed by atoms with van der Waals surface area (Å²) in [4.78, 5) is 0. The zero-order valence-electron chi connectivity index (χ0n) is 10.5. The van der Waals surface area contributed by atoms with Crippen LogP contribution in [0.2, 0.25) is 0 Å². The number of halogens is 3. The summed E-state index contributed by atoms with van der Waals surface area (Å²) in [5.74, 6) is -2.31. The average molecular weight is 291 g/mol. The number of para-hydroxylation sites is 1. The predicted molar refractivity (Wildman–Crippen MR) is 68.9 cm³/mol. The molecule has 21 heavy (non-hydrogen) atoms. The first kappa shape index (κ1) is 13.1. The number of anilines is 1. The molecule has 0 unspecified atom stereocenters. The zero-order chi connectivity index (χ0) is 15.0. The quantitative estimate of drug-likeness (QED) is 0.736. The van der Waals surface area contributed by atoms with Crippen molar-refractivity contribution in [2.45, 2.75) is 0 Å². The molecule has 5 nitrogen and oxygen atoms in total. The van der Waals surface area contributed by atoms with E-state index in [1.165, 1.54) is 12.1 Å². The molecule has 8 heteroatoms. The first-order valence-electron chi connectivity index (χ1n) is 5.85. The Labute approximate surface area is 116 Å². The van der Waals surface area contributed by atoms with Crippen molar-refractivity contribution in [3.8, 4) is 17.1 Å². The van der Waals surface area contributed by atoms with Gasteiger partial charge in [-0.1, -0.05) is 6.07 Å². The van der Waals surface area contributed by atoms with Crippen molar-refractivity contribution >= 4 is 5.69 Å². The molecule has 0 aliphatic rings. The Morgan fingerprint density at radius 1 is 1.00 bits per heavy atom. The smallest absolute Gasteiger partial charge is 0.187 e. The van der Waals surface area contributed by atoms with Gasteiger partial charge in [-0.15, -0.1) is 5.10 Å². The molecule has 0 spiro atoms. The fourth-order valence-corrected chi connectivity index (χ4v) is 1.95. The second-order valence-corrected chi connectivity index (χ2v) is 4.26. The Morgan fingerprint density at radius 3 is 2.38 bits per heavy atom. The molecule has 2 aromatic carbocycles. The van der Waals surface area contributed by atoms with E-state index in [0.29, 0.717) is 0 Å². The van der Waals surface area contributed by atoms with Gasteiger partial charge >= 0.3 is 0 Å². The normalized spacial score (nSPS) is 10.8. The molecule has 0 saturated carbocycles. The highest BCUT2D eigenvalue weighted by Gasteiger charge is 2.18. The van der Waals surface area contributed by atoms with Crippen LogP contribution >= 0.6 is 0 Å². The average Bonchev–Trinajstić information content (AvgIpc) is 2.86. The summed E-state index contributed by atoms with van der Waals surface area (Å²) in [5, 5.41) is 10.6. The Balaban J connectivity index is 2.22. The molecule has 1 heterocycles. The van der Waals surface area contributed by atoms with Crippen LogP contribution in [0.15, 0.2) is 36.4 Å². The van der Waals surface area contributed by atoms with E-state index >= 15 is 0 Å². The molecule has 3 aromatic rings. The summed E-state index contributed by atoms with van der Waals surface area (Å²) in [6.45, 7) is 0. The molecule has 3 rings (SSSR count). The van der Waals surface area contributed by atoms with E-state index in [2.05, 4.69) is 15.5 Å². The highest BCUT2D eigenvalue weighted by atomic mass is 19.1. The molecule has 1 aromatic heterocycles. The number of hydrogen-bond acceptors (Lipinski definition) is 4. The molecule has 106 valence electrons. The van der Waals surface area contributed by atoms with Crippen LogP contribution in [-0.4, -0.2) is 20.2 Å². The number of hydrogen-bond donors (Lipinski definition) is 1. The Hall–Kier alpha value is -2.90. The van der Waals surface area contributed by atoms with Crippen molar-refractivity contribution in [1.29, 1.82) is 0 Å². The lowest BCUT2D eigenvalue weighted by atomic mass is 10.2. The molecule has 2 N–H and O–H groups in total. The molecule has 0 aliphatic heterocycles. The monoisotopic (exact) mass is 291 g/mol. The first-order chi connectivity index (χ1) is 10.1. The highest BCUT2D eigenvalue weighted by Crippen LogP contribution is 2.25. The van der Waals surface area contributed by atoms with Gasteiger partial charge in [0.05, 0.1) is 0 Å². The molecule has 0 aliphatic carbocycles. The molecule has 0 radical (unpaired) electrons. The lowest BCUT2D eigenvalue weighted by molar-refractivity contribution is 0.557. The van der Waals surface area contributed by atoms with Gasteiger partial charge in [-0.25, -0.2) is 13.2 Å². The van der Waals surface area contributed by atoms with E-state index in [0.717, 1.165) is 28.9 Å². The Kier molecular flexibility index (Phi) is 3.05. The van der Waals surface area contributed by atoms with Crippen molar-refractivity contribution in [3.05, 3.63) is 53.8 Å². The number of nitrogen functional groups attached to an aromatic ring is 1. The van der Waals surface area contributed by atoms with Crippen LogP contribution < -0.4 is 5.73 Å². The summed E-state index contributed by atoms with van der Waals surface area (Å²) in [7, 11) is 0. The van der Waals surface area contributed by atoms with E-state index in [1.807, 2.05) is 0 Å². The zero-order valence-corrected chi connectivity index (χ0v) is 10.5. The maximum absolute atomic E-state index is 13.8. The number of nitrogens with two attached hydrogens (primary N) is 1. The first-order valence-corrected chi connectivity index (χ1v) is 5.85. The van der Waals surface area contributed by atoms with Gasteiger partial charge in [-0.3, -0.25) is 0 Å². The van der Waals surface area contributed by atoms with E-state index in [1.54, 1.807) is 0 Å². The summed E-state index contributed by atoms with van der Waals surface area (Å²) in [6, 6.07) is 7.01. The summed E-state index contributed by atoms with van der Waals surface area (Å²) in [6.07, 6.45) is 0. The van der Waals surface area contributed by atoms with Gasteiger partial charge in [0.25, 0.3) is 0 Å². The molecule has 0 saturated heterocycles. The van der Waals surface area contributed by atoms with Gasteiger partial charge < -0.3 is 5.73 Å². The third-order valence-electron chi connectivity index (χ3n) is 2.80. The third-order valence-corrected chi connectivity index (χ3v) is 2.80. The summed E-state index contributed by atoms with van der Waals surface area (Å²) < 4.78 is 41.9. The SMILES string of the molecule is Nc1cc(F)cc(-c2nnnn2-c2c(F)cccc2F)c1. The number of tetrazole rings is 1. The van der Waals surface area contributed by atoms with Crippen LogP contribution in [0.25, 0.3) is 17.1 Å². The van der Waals surface area contributed by atoms with E-state index in [9.17, 15) is 13.2 Å². The van der Waals surface area contributed by atoms with Gasteiger partial charge in [0.1, 0.15) is 11.5 Å². The number of rotatable bonds is 2. The topological polar surface area (TPSA) is 69.6 Å². The van der Waals surface area contributed by atoms with E-state index < -0.39 is 23.1 Å². The van der Waals surface area contributed by atoms with Crippen molar-refractivity contribution < 1.29 is 13.2 Å². The van der Waals surface area contributed by atoms with Gasteiger partial charge in [0.15, 0.2) is 17.5 Å². The second kappa shape index (κ2) is 4.89. The van der Waals surface area contributed by atoms with Gasteiger partial charge in [0.2, 0.25) is 0 Å². The fraction of sp³-hybridized carbons (Fsp3) is 0. The van der Waals surface area contributed by atoms with Crippen LogP contribution in [0.5, 0.6) is 0 Å². The van der Waals surface area contributed by atoms with Crippen molar-refractivity contribution in [1.82, 2.24) is 20.2 Å². The lowest BCUT2D eigenvalue weighted by Crippen LogP contribution is -2.06. The Morgan fingerprint density at radius 2 is 1.71 bits per heavy atom. The molecule has 0 fully saturated rings. The molecule has 0 atom stereocenters. The minimum Gasteiger partial charge on any atom is -0.399 e. The standard InChI is InChI=1S/C13H8F3N5/c14-8-4-7(5-9(17)6-8)13-18-19-20-21(13)12-10(15)2-1-3-11(12)16/h1-6H,17H2. The van der Waals surface area contributed by atoms with E-state index in [-0.39, 0.29) is 17.1 Å².